The zero-order chi connectivity index (χ0) is 24.8. The first-order valence-corrected chi connectivity index (χ1v) is 12.6. The van der Waals surface area contributed by atoms with Crippen molar-refractivity contribution in [3.63, 3.8) is 0 Å². The predicted molar refractivity (Wildman–Crippen MR) is 136 cm³/mol. The van der Waals surface area contributed by atoms with E-state index >= 15 is 0 Å². The number of carboxylic acid groups (broad SMARTS) is 2. The van der Waals surface area contributed by atoms with E-state index < -0.39 is 11.9 Å². The largest absolute Gasteiger partial charge is 0.478 e. The van der Waals surface area contributed by atoms with E-state index in [2.05, 4.69) is 47.4 Å². The highest BCUT2D eigenvalue weighted by molar-refractivity contribution is 7.99. The first-order valence-electron chi connectivity index (χ1n) is 11.2. The van der Waals surface area contributed by atoms with Gasteiger partial charge in [-0.3, -0.25) is 4.79 Å². The second kappa shape index (κ2) is 14.9. The molecule has 0 bridgehead atoms. The topological polar surface area (TPSA) is 98.2 Å². The third kappa shape index (κ3) is 9.80. The number of carbonyl (C=O) groups excluding carboxylic acids is 1. The van der Waals surface area contributed by atoms with Gasteiger partial charge in [0, 0.05) is 43.5 Å². The van der Waals surface area contributed by atoms with Crippen molar-refractivity contribution in [1.82, 2.24) is 4.90 Å². The van der Waals surface area contributed by atoms with E-state index in [-0.39, 0.29) is 5.91 Å². The van der Waals surface area contributed by atoms with Crippen LogP contribution in [0.3, 0.4) is 0 Å². The molecule has 0 spiro atoms. The summed E-state index contributed by atoms with van der Waals surface area (Å²) >= 11 is 1.60. The first kappa shape index (κ1) is 27.1. The minimum atomic E-state index is -1.26. The van der Waals surface area contributed by atoms with Gasteiger partial charge in [0.15, 0.2) is 0 Å². The smallest absolute Gasteiger partial charge is 0.328 e. The number of aliphatic carboxylic acids is 2. The zero-order valence-electron chi connectivity index (χ0n) is 19.4. The molecule has 0 saturated carbocycles. The molecule has 0 atom stereocenters. The molecule has 2 aromatic carbocycles. The molecule has 1 heterocycles. The molecule has 1 aliphatic heterocycles. The van der Waals surface area contributed by atoms with Crippen molar-refractivity contribution >= 4 is 35.3 Å². The molecule has 0 aliphatic carbocycles. The lowest BCUT2D eigenvalue weighted by Gasteiger charge is -2.38. The van der Waals surface area contributed by atoms with E-state index in [4.69, 9.17) is 10.2 Å². The highest BCUT2D eigenvalue weighted by Gasteiger charge is 2.28. The Hall–Kier alpha value is -3.10. The van der Waals surface area contributed by atoms with Gasteiger partial charge in [0.2, 0.25) is 5.91 Å². The molecule has 1 amide bonds. The summed E-state index contributed by atoms with van der Waals surface area (Å²) in [6.45, 7) is 3.22. The minimum absolute atomic E-state index is 0.228. The Morgan fingerprint density at radius 2 is 1.47 bits per heavy atom. The van der Waals surface area contributed by atoms with Crippen LogP contribution in [-0.2, 0) is 20.8 Å². The van der Waals surface area contributed by atoms with Crippen LogP contribution in [0.4, 0.5) is 5.69 Å². The van der Waals surface area contributed by atoms with Crippen LogP contribution in [0, 0.1) is 0 Å². The number of benzene rings is 2. The maximum atomic E-state index is 12.7. The molecule has 0 radical (unpaired) electrons. The normalized spacial score (nSPS) is 14.3. The maximum absolute atomic E-state index is 12.7. The van der Waals surface area contributed by atoms with E-state index in [1.165, 1.54) is 5.56 Å². The molecule has 0 aromatic heterocycles. The van der Waals surface area contributed by atoms with Gasteiger partial charge in [0.25, 0.3) is 0 Å². The number of amides is 1. The maximum Gasteiger partial charge on any atom is 0.328 e. The molecule has 2 N–H and O–H groups in total. The second-order valence-corrected chi connectivity index (χ2v) is 8.72. The number of carbonyl (C=O) groups is 3. The second-order valence-electron chi connectivity index (χ2n) is 7.85. The molecule has 34 heavy (non-hydrogen) atoms. The number of hydrogen-bond acceptors (Lipinski definition) is 5. The van der Waals surface area contributed by atoms with Gasteiger partial charge in [-0.15, -0.1) is 0 Å². The number of para-hydroxylation sites is 1. The fourth-order valence-electron chi connectivity index (χ4n) is 3.82. The third-order valence-electron chi connectivity index (χ3n) is 5.42. The molecule has 1 saturated heterocycles. The Labute approximate surface area is 205 Å². The fraction of sp³-hybridized carbons (Fsp3) is 0.346. The van der Waals surface area contributed by atoms with Gasteiger partial charge in [-0.25, -0.2) is 9.59 Å². The SMILES string of the molecule is CSCC(=O)N(c1ccccc1)C1CCN(CCc2ccccc2)CC1.O=C(O)/C=C/C(=O)O. The van der Waals surface area contributed by atoms with Crippen molar-refractivity contribution in [2.75, 3.05) is 36.5 Å². The zero-order valence-corrected chi connectivity index (χ0v) is 20.2. The molecule has 182 valence electrons. The standard InChI is InChI=1S/C22H28N2OS.C4H4O4/c1-26-18-22(25)24(20-10-6-3-7-11-20)21-13-16-23(17-14-21)15-12-19-8-4-2-5-9-19;5-3(6)1-2-4(7)8/h2-11,21H,12-18H2,1H3;1-2H,(H,5,6)(H,7,8)/b;2-1+. The number of thioether (sulfide) groups is 1. The van der Waals surface area contributed by atoms with Crippen LogP contribution in [0.15, 0.2) is 72.8 Å². The van der Waals surface area contributed by atoms with Gasteiger partial charge in [0.05, 0.1) is 5.75 Å². The van der Waals surface area contributed by atoms with Gasteiger partial charge in [0.1, 0.15) is 0 Å². The van der Waals surface area contributed by atoms with Gasteiger partial charge < -0.3 is 20.0 Å². The van der Waals surface area contributed by atoms with Crippen molar-refractivity contribution < 1.29 is 24.6 Å². The Morgan fingerprint density at radius 1 is 0.941 bits per heavy atom. The summed E-state index contributed by atoms with van der Waals surface area (Å²) in [5.41, 5.74) is 2.44. The Bertz CT molecular complexity index is 913. The molecule has 1 aliphatic rings. The van der Waals surface area contributed by atoms with E-state index in [1.54, 1.807) is 11.8 Å². The molecular weight excluding hydrogens is 452 g/mol. The number of rotatable bonds is 9. The lowest BCUT2D eigenvalue weighted by atomic mass is 10.0. The molecule has 8 heteroatoms. The molecule has 7 nitrogen and oxygen atoms in total. The minimum Gasteiger partial charge on any atom is -0.478 e. The van der Waals surface area contributed by atoms with Crippen molar-refractivity contribution in [2.45, 2.75) is 25.3 Å². The van der Waals surface area contributed by atoms with Gasteiger partial charge >= 0.3 is 11.9 Å². The number of hydrogen-bond donors (Lipinski definition) is 2. The van der Waals surface area contributed by atoms with Crippen LogP contribution in [0.25, 0.3) is 0 Å². The fourth-order valence-corrected chi connectivity index (χ4v) is 4.20. The highest BCUT2D eigenvalue weighted by Crippen LogP contribution is 2.24. The van der Waals surface area contributed by atoms with Gasteiger partial charge in [-0.1, -0.05) is 48.5 Å². The van der Waals surface area contributed by atoms with Crippen LogP contribution in [0.2, 0.25) is 0 Å². The summed E-state index contributed by atoms with van der Waals surface area (Å²) in [5, 5.41) is 15.6. The molecule has 2 aromatic rings. The van der Waals surface area contributed by atoms with Gasteiger partial charge in [-0.05, 0) is 43.2 Å². The third-order valence-corrected chi connectivity index (χ3v) is 5.96. The molecule has 0 unspecified atom stereocenters. The molecule has 1 fully saturated rings. The number of likely N-dealkylation sites (tertiary alicyclic amines) is 1. The summed E-state index contributed by atoms with van der Waals surface area (Å²) in [5.74, 6) is -1.74. The lowest BCUT2D eigenvalue weighted by Crippen LogP contribution is -2.48. The van der Waals surface area contributed by atoms with Crippen LogP contribution in [-0.4, -0.2) is 70.6 Å². The van der Waals surface area contributed by atoms with Crippen LogP contribution >= 0.6 is 11.8 Å². The predicted octanol–water partition coefficient (Wildman–Crippen LogP) is 3.80. The van der Waals surface area contributed by atoms with Crippen LogP contribution < -0.4 is 4.90 Å². The quantitative estimate of drug-likeness (QED) is 0.523. The Morgan fingerprint density at radius 3 is 1.97 bits per heavy atom. The van der Waals surface area contributed by atoms with E-state index in [0.29, 0.717) is 23.9 Å². The highest BCUT2D eigenvalue weighted by atomic mass is 32.2. The van der Waals surface area contributed by atoms with E-state index in [1.807, 2.05) is 29.4 Å². The van der Waals surface area contributed by atoms with E-state index in [9.17, 15) is 14.4 Å². The van der Waals surface area contributed by atoms with Crippen LogP contribution in [0.5, 0.6) is 0 Å². The van der Waals surface area contributed by atoms with Crippen molar-refractivity contribution in [3.05, 3.63) is 78.4 Å². The number of carboxylic acids is 2. The van der Waals surface area contributed by atoms with Crippen molar-refractivity contribution in [3.8, 4) is 0 Å². The number of piperidine rings is 1. The van der Waals surface area contributed by atoms with Crippen LogP contribution in [0.1, 0.15) is 18.4 Å². The Balaban J connectivity index is 0.000000440. The summed E-state index contributed by atoms with van der Waals surface area (Å²) in [6, 6.07) is 21.1. The average Bonchev–Trinajstić information content (AvgIpc) is 2.84. The monoisotopic (exact) mass is 484 g/mol. The summed E-state index contributed by atoms with van der Waals surface area (Å²) in [7, 11) is 0. The average molecular weight is 485 g/mol. The first-order chi connectivity index (χ1) is 16.4. The van der Waals surface area contributed by atoms with Crippen molar-refractivity contribution in [2.24, 2.45) is 0 Å². The number of anilines is 1. The molecule has 3 rings (SSSR count). The Kier molecular flexibility index (Phi) is 11.9. The van der Waals surface area contributed by atoms with Crippen molar-refractivity contribution in [1.29, 1.82) is 0 Å². The summed E-state index contributed by atoms with van der Waals surface area (Å²) in [6.07, 6.45) is 6.30. The summed E-state index contributed by atoms with van der Waals surface area (Å²) in [4.78, 5) is 36.4. The molecular formula is C26H32N2O5S. The van der Waals surface area contributed by atoms with E-state index in [0.717, 1.165) is 44.6 Å². The summed E-state index contributed by atoms with van der Waals surface area (Å²) < 4.78 is 0. The van der Waals surface area contributed by atoms with Gasteiger partial charge in [-0.2, -0.15) is 11.8 Å². The number of nitrogens with zero attached hydrogens (tertiary/aromatic N) is 2. The lowest BCUT2D eigenvalue weighted by molar-refractivity contribution is -0.134.